The average molecular weight is 211 g/mol. The van der Waals surface area contributed by atoms with Gasteiger partial charge in [-0.05, 0) is 12.8 Å². The van der Waals surface area contributed by atoms with E-state index in [4.69, 9.17) is 10.4 Å². The molecule has 1 saturated heterocycles. The molecule has 1 rings (SSSR count). The molecule has 4 nitrogen and oxygen atoms in total. The standard InChI is InChI=1S/C11H21N3O/c1-2-11(10-12)14-7-5-13(6-8-14)4-3-9-15/h11,15H,2-9H2,1H3. The van der Waals surface area contributed by atoms with Gasteiger partial charge in [0.2, 0.25) is 0 Å². The van der Waals surface area contributed by atoms with E-state index in [1.165, 1.54) is 0 Å². The fourth-order valence-electron chi connectivity index (χ4n) is 2.02. The molecule has 0 aromatic carbocycles. The van der Waals surface area contributed by atoms with Gasteiger partial charge in [-0.3, -0.25) is 4.90 Å². The van der Waals surface area contributed by atoms with Crippen LogP contribution < -0.4 is 0 Å². The van der Waals surface area contributed by atoms with E-state index in [0.717, 1.165) is 45.6 Å². The molecule has 0 bridgehead atoms. The number of aliphatic hydroxyl groups is 1. The minimum Gasteiger partial charge on any atom is -0.396 e. The lowest BCUT2D eigenvalue weighted by atomic mass is 10.2. The van der Waals surface area contributed by atoms with Gasteiger partial charge in [0.1, 0.15) is 0 Å². The highest BCUT2D eigenvalue weighted by Crippen LogP contribution is 2.08. The molecule has 1 fully saturated rings. The van der Waals surface area contributed by atoms with Crippen LogP contribution >= 0.6 is 0 Å². The zero-order valence-electron chi connectivity index (χ0n) is 9.52. The summed E-state index contributed by atoms with van der Waals surface area (Å²) in [4.78, 5) is 4.62. The maximum absolute atomic E-state index is 8.95. The largest absolute Gasteiger partial charge is 0.396 e. The Morgan fingerprint density at radius 1 is 1.33 bits per heavy atom. The minimum absolute atomic E-state index is 0.0880. The van der Waals surface area contributed by atoms with Crippen LogP contribution in [0.15, 0.2) is 0 Å². The van der Waals surface area contributed by atoms with Crippen LogP contribution in [-0.4, -0.2) is 60.3 Å². The van der Waals surface area contributed by atoms with Gasteiger partial charge in [0, 0.05) is 39.3 Å². The van der Waals surface area contributed by atoms with E-state index in [-0.39, 0.29) is 12.6 Å². The average Bonchev–Trinajstić information content (AvgIpc) is 2.29. The van der Waals surface area contributed by atoms with E-state index in [2.05, 4.69) is 22.8 Å². The van der Waals surface area contributed by atoms with E-state index in [0.29, 0.717) is 0 Å². The second-order valence-corrected chi connectivity index (χ2v) is 4.01. The summed E-state index contributed by atoms with van der Waals surface area (Å²) in [6, 6.07) is 2.43. The van der Waals surface area contributed by atoms with Crippen molar-refractivity contribution in [3.05, 3.63) is 0 Å². The molecule has 0 saturated carbocycles. The van der Waals surface area contributed by atoms with Gasteiger partial charge in [-0.2, -0.15) is 5.26 Å². The molecule has 0 aromatic rings. The zero-order chi connectivity index (χ0) is 11.1. The summed E-state index contributed by atoms with van der Waals surface area (Å²) in [5, 5.41) is 17.7. The Hall–Kier alpha value is -0.630. The van der Waals surface area contributed by atoms with Crippen molar-refractivity contribution in [1.29, 1.82) is 5.26 Å². The number of aliphatic hydroxyl groups excluding tert-OH is 1. The predicted molar refractivity (Wildman–Crippen MR) is 59.4 cm³/mol. The summed E-state index contributed by atoms with van der Waals surface area (Å²) in [5.41, 5.74) is 0. The van der Waals surface area contributed by atoms with Crippen molar-refractivity contribution in [3.8, 4) is 6.07 Å². The molecule has 1 N–H and O–H groups in total. The van der Waals surface area contributed by atoms with E-state index in [9.17, 15) is 0 Å². The highest BCUT2D eigenvalue weighted by Gasteiger charge is 2.21. The van der Waals surface area contributed by atoms with Crippen LogP contribution in [0.5, 0.6) is 0 Å². The highest BCUT2D eigenvalue weighted by molar-refractivity contribution is 4.92. The first kappa shape index (κ1) is 12.4. The monoisotopic (exact) mass is 211 g/mol. The molecule has 1 aliphatic heterocycles. The van der Waals surface area contributed by atoms with Crippen LogP contribution in [0.25, 0.3) is 0 Å². The Bertz CT molecular complexity index is 206. The Morgan fingerprint density at radius 3 is 2.47 bits per heavy atom. The fourth-order valence-corrected chi connectivity index (χ4v) is 2.02. The fraction of sp³-hybridized carbons (Fsp3) is 0.909. The Balaban J connectivity index is 2.26. The number of piperazine rings is 1. The molecule has 0 radical (unpaired) electrons. The molecule has 0 amide bonds. The third kappa shape index (κ3) is 3.78. The Labute approximate surface area is 92.1 Å². The summed E-state index contributed by atoms with van der Waals surface area (Å²) in [6.07, 6.45) is 1.77. The molecular weight excluding hydrogens is 190 g/mol. The van der Waals surface area contributed by atoms with Gasteiger partial charge in [0.25, 0.3) is 0 Å². The maximum atomic E-state index is 8.95. The predicted octanol–water partition coefficient (Wildman–Crippen LogP) is 0.289. The summed E-state index contributed by atoms with van der Waals surface area (Å²) in [7, 11) is 0. The molecule has 0 aromatic heterocycles. The third-order valence-corrected chi connectivity index (χ3v) is 3.02. The smallest absolute Gasteiger partial charge is 0.0976 e. The number of hydrogen-bond donors (Lipinski definition) is 1. The molecule has 1 atom stereocenters. The van der Waals surface area contributed by atoms with E-state index in [1.807, 2.05) is 0 Å². The quantitative estimate of drug-likeness (QED) is 0.710. The number of nitrogens with zero attached hydrogens (tertiary/aromatic N) is 3. The van der Waals surface area contributed by atoms with Gasteiger partial charge in [-0.1, -0.05) is 6.92 Å². The van der Waals surface area contributed by atoms with Crippen LogP contribution in [0.2, 0.25) is 0 Å². The van der Waals surface area contributed by atoms with Gasteiger partial charge in [0.15, 0.2) is 0 Å². The SMILES string of the molecule is CCC(C#N)N1CCN(CCCO)CC1. The normalized spacial score (nSPS) is 21.1. The lowest BCUT2D eigenvalue weighted by Gasteiger charge is -2.36. The first-order valence-electron chi connectivity index (χ1n) is 5.78. The lowest BCUT2D eigenvalue weighted by Crippen LogP contribution is -2.50. The minimum atomic E-state index is 0.0880. The molecule has 15 heavy (non-hydrogen) atoms. The van der Waals surface area contributed by atoms with Crippen LogP contribution in [0.1, 0.15) is 19.8 Å². The van der Waals surface area contributed by atoms with Gasteiger partial charge >= 0.3 is 0 Å². The molecular formula is C11H21N3O. The van der Waals surface area contributed by atoms with Gasteiger partial charge in [0.05, 0.1) is 12.1 Å². The summed E-state index contributed by atoms with van der Waals surface area (Å²) in [5.74, 6) is 0. The maximum Gasteiger partial charge on any atom is 0.0976 e. The van der Waals surface area contributed by atoms with Crippen LogP contribution in [-0.2, 0) is 0 Å². The molecule has 0 spiro atoms. The number of rotatable bonds is 5. The summed E-state index contributed by atoms with van der Waals surface area (Å²) < 4.78 is 0. The van der Waals surface area contributed by atoms with E-state index < -0.39 is 0 Å². The van der Waals surface area contributed by atoms with Crippen LogP contribution in [0, 0.1) is 11.3 Å². The van der Waals surface area contributed by atoms with Gasteiger partial charge < -0.3 is 10.0 Å². The summed E-state index contributed by atoms with van der Waals surface area (Å²) >= 11 is 0. The molecule has 1 heterocycles. The van der Waals surface area contributed by atoms with Crippen molar-refractivity contribution >= 4 is 0 Å². The van der Waals surface area contributed by atoms with Crippen molar-refractivity contribution in [2.24, 2.45) is 0 Å². The van der Waals surface area contributed by atoms with Crippen molar-refractivity contribution in [2.75, 3.05) is 39.3 Å². The summed E-state index contributed by atoms with van der Waals surface area (Å²) in [6.45, 7) is 7.33. The second kappa shape index (κ2) is 6.78. The van der Waals surface area contributed by atoms with Crippen LogP contribution in [0.3, 0.4) is 0 Å². The lowest BCUT2D eigenvalue weighted by molar-refractivity contribution is 0.107. The van der Waals surface area contributed by atoms with Crippen LogP contribution in [0.4, 0.5) is 0 Å². The number of nitriles is 1. The molecule has 86 valence electrons. The molecule has 0 aliphatic carbocycles. The van der Waals surface area contributed by atoms with Crippen molar-refractivity contribution in [3.63, 3.8) is 0 Å². The van der Waals surface area contributed by atoms with Gasteiger partial charge in [-0.15, -0.1) is 0 Å². The molecule has 4 heteroatoms. The third-order valence-electron chi connectivity index (χ3n) is 3.02. The number of hydrogen-bond acceptors (Lipinski definition) is 4. The topological polar surface area (TPSA) is 50.5 Å². The van der Waals surface area contributed by atoms with Gasteiger partial charge in [-0.25, -0.2) is 0 Å². The molecule has 1 unspecified atom stereocenters. The Morgan fingerprint density at radius 2 is 2.00 bits per heavy atom. The molecule has 1 aliphatic rings. The van der Waals surface area contributed by atoms with E-state index >= 15 is 0 Å². The zero-order valence-corrected chi connectivity index (χ0v) is 9.52. The van der Waals surface area contributed by atoms with Crippen molar-refractivity contribution in [2.45, 2.75) is 25.8 Å². The second-order valence-electron chi connectivity index (χ2n) is 4.01. The first-order valence-corrected chi connectivity index (χ1v) is 5.78. The van der Waals surface area contributed by atoms with E-state index in [1.54, 1.807) is 0 Å². The first-order chi connectivity index (χ1) is 7.31. The highest BCUT2D eigenvalue weighted by atomic mass is 16.3. The van der Waals surface area contributed by atoms with Crippen molar-refractivity contribution in [1.82, 2.24) is 9.80 Å². The van der Waals surface area contributed by atoms with Crippen molar-refractivity contribution < 1.29 is 5.11 Å². The Kier molecular flexibility index (Phi) is 5.62.